The van der Waals surface area contributed by atoms with Gasteiger partial charge in [0.1, 0.15) is 0 Å². The summed E-state index contributed by atoms with van der Waals surface area (Å²) in [6.45, 7) is 1.43. The molecule has 0 spiro atoms. The summed E-state index contributed by atoms with van der Waals surface area (Å²) in [5.74, 6) is 2.66. The van der Waals surface area contributed by atoms with E-state index < -0.39 is 0 Å². The summed E-state index contributed by atoms with van der Waals surface area (Å²) < 4.78 is 2.18. The predicted molar refractivity (Wildman–Crippen MR) is 63.3 cm³/mol. The molecule has 2 heteroatoms. The minimum Gasteiger partial charge on any atom is -0.346 e. The van der Waals surface area contributed by atoms with E-state index in [2.05, 4.69) is 28.8 Å². The second kappa shape index (κ2) is 4.20. The first kappa shape index (κ1) is 9.82. The summed E-state index contributed by atoms with van der Waals surface area (Å²) >= 11 is 0. The Morgan fingerprint density at radius 1 is 1.33 bits per heavy atom. The number of hydrogen-bond donors (Lipinski definition) is 1. The molecular weight excluding hydrogens is 184 g/mol. The van der Waals surface area contributed by atoms with Crippen molar-refractivity contribution in [1.29, 1.82) is 0 Å². The van der Waals surface area contributed by atoms with E-state index in [1.165, 1.54) is 16.5 Å². The number of benzene rings is 1. The zero-order chi connectivity index (χ0) is 10.7. The normalized spacial score (nSPS) is 10.4. The Morgan fingerprint density at radius 2 is 2.13 bits per heavy atom. The summed E-state index contributed by atoms with van der Waals surface area (Å²) in [6.07, 6.45) is 8.12. The Kier molecular flexibility index (Phi) is 2.75. The lowest BCUT2D eigenvalue weighted by Gasteiger charge is -2.00. The van der Waals surface area contributed by atoms with E-state index in [1.54, 1.807) is 0 Å². The lowest BCUT2D eigenvalue weighted by molar-refractivity contribution is 0.745. The van der Waals surface area contributed by atoms with Gasteiger partial charge in [-0.15, -0.1) is 12.3 Å². The molecule has 0 unspecified atom stereocenters. The molecule has 0 saturated carbocycles. The van der Waals surface area contributed by atoms with Crippen LogP contribution in [0.25, 0.3) is 10.9 Å². The van der Waals surface area contributed by atoms with Gasteiger partial charge in [0.05, 0.1) is 0 Å². The average molecular weight is 198 g/mol. The van der Waals surface area contributed by atoms with Crippen molar-refractivity contribution in [3.8, 4) is 12.3 Å². The summed E-state index contributed by atoms with van der Waals surface area (Å²) in [6, 6.07) is 8.27. The van der Waals surface area contributed by atoms with Gasteiger partial charge in [-0.25, -0.2) is 0 Å². The molecule has 1 aromatic heterocycles. The molecule has 76 valence electrons. The van der Waals surface area contributed by atoms with Crippen LogP contribution in [0.4, 0.5) is 0 Å². The van der Waals surface area contributed by atoms with Crippen molar-refractivity contribution < 1.29 is 0 Å². The molecule has 0 fully saturated rings. The number of nitrogens with zero attached hydrogens (tertiary/aromatic N) is 1. The Labute approximate surface area is 89.7 Å². The maximum Gasteiger partial charge on any atom is 0.0483 e. The maximum absolute atomic E-state index is 5.70. The number of para-hydroxylation sites is 1. The standard InChI is InChI=1S/C13H14N2/c1-2-3-8-15-10-11(9-14)12-6-4-5-7-13(12)15/h1,4-7,10H,3,8-9,14H2. The third kappa shape index (κ3) is 1.74. The molecule has 0 amide bonds. The Bertz CT molecular complexity index is 503. The van der Waals surface area contributed by atoms with E-state index in [1.807, 2.05) is 12.1 Å². The van der Waals surface area contributed by atoms with Crippen LogP contribution in [-0.2, 0) is 13.1 Å². The topological polar surface area (TPSA) is 30.9 Å². The minimum atomic E-state index is 0.573. The molecule has 2 nitrogen and oxygen atoms in total. The average Bonchev–Trinajstić information content (AvgIpc) is 2.65. The number of nitrogens with two attached hydrogens (primary N) is 1. The van der Waals surface area contributed by atoms with Gasteiger partial charge in [-0.3, -0.25) is 0 Å². The number of terminal acetylenes is 1. The summed E-state index contributed by atoms with van der Waals surface area (Å²) in [5, 5.41) is 1.23. The molecule has 0 saturated heterocycles. The van der Waals surface area contributed by atoms with E-state index in [-0.39, 0.29) is 0 Å². The van der Waals surface area contributed by atoms with Crippen LogP contribution in [0.5, 0.6) is 0 Å². The van der Waals surface area contributed by atoms with Gasteiger partial charge in [0.2, 0.25) is 0 Å². The molecule has 0 aliphatic heterocycles. The molecule has 1 heterocycles. The predicted octanol–water partition coefficient (Wildman–Crippen LogP) is 2.12. The molecule has 0 atom stereocenters. The van der Waals surface area contributed by atoms with Gasteiger partial charge in [-0.2, -0.15) is 0 Å². The van der Waals surface area contributed by atoms with E-state index in [9.17, 15) is 0 Å². The highest BCUT2D eigenvalue weighted by Gasteiger charge is 2.05. The monoisotopic (exact) mass is 198 g/mol. The number of hydrogen-bond acceptors (Lipinski definition) is 1. The third-order valence-corrected chi connectivity index (χ3v) is 2.59. The first-order valence-corrected chi connectivity index (χ1v) is 5.07. The lowest BCUT2D eigenvalue weighted by Crippen LogP contribution is -1.96. The Balaban J connectivity index is 2.51. The fraction of sp³-hybridized carbons (Fsp3) is 0.231. The van der Waals surface area contributed by atoms with Gasteiger partial charge in [-0.1, -0.05) is 18.2 Å². The van der Waals surface area contributed by atoms with Crippen molar-refractivity contribution in [3.05, 3.63) is 36.0 Å². The summed E-state index contributed by atoms with van der Waals surface area (Å²) in [7, 11) is 0. The van der Waals surface area contributed by atoms with E-state index in [0.717, 1.165) is 13.0 Å². The van der Waals surface area contributed by atoms with E-state index in [0.29, 0.717) is 6.54 Å². The molecule has 0 aliphatic carbocycles. The first-order valence-electron chi connectivity index (χ1n) is 5.07. The van der Waals surface area contributed by atoms with Gasteiger partial charge in [0.15, 0.2) is 0 Å². The van der Waals surface area contributed by atoms with Gasteiger partial charge in [0.25, 0.3) is 0 Å². The zero-order valence-corrected chi connectivity index (χ0v) is 8.61. The second-order valence-corrected chi connectivity index (χ2v) is 3.52. The molecule has 0 aliphatic rings. The van der Waals surface area contributed by atoms with Gasteiger partial charge >= 0.3 is 0 Å². The van der Waals surface area contributed by atoms with Crippen LogP contribution in [0.1, 0.15) is 12.0 Å². The lowest BCUT2D eigenvalue weighted by atomic mass is 10.2. The zero-order valence-electron chi connectivity index (χ0n) is 8.61. The number of fused-ring (bicyclic) bond motifs is 1. The van der Waals surface area contributed by atoms with Gasteiger partial charge in [-0.05, 0) is 11.6 Å². The van der Waals surface area contributed by atoms with Gasteiger partial charge in [0, 0.05) is 36.6 Å². The fourth-order valence-corrected chi connectivity index (χ4v) is 1.86. The smallest absolute Gasteiger partial charge is 0.0483 e. The van der Waals surface area contributed by atoms with Crippen LogP contribution in [-0.4, -0.2) is 4.57 Å². The third-order valence-electron chi connectivity index (χ3n) is 2.59. The van der Waals surface area contributed by atoms with Crippen LogP contribution in [0.2, 0.25) is 0 Å². The number of aromatic nitrogens is 1. The second-order valence-electron chi connectivity index (χ2n) is 3.52. The molecule has 2 N–H and O–H groups in total. The molecule has 0 bridgehead atoms. The summed E-state index contributed by atoms with van der Waals surface area (Å²) in [4.78, 5) is 0. The van der Waals surface area contributed by atoms with Crippen molar-refractivity contribution in [3.63, 3.8) is 0 Å². The van der Waals surface area contributed by atoms with Crippen molar-refractivity contribution in [2.45, 2.75) is 19.5 Å². The van der Waals surface area contributed by atoms with Gasteiger partial charge < -0.3 is 10.3 Å². The molecule has 0 radical (unpaired) electrons. The quantitative estimate of drug-likeness (QED) is 0.752. The van der Waals surface area contributed by atoms with Crippen molar-refractivity contribution in [2.75, 3.05) is 0 Å². The fourth-order valence-electron chi connectivity index (χ4n) is 1.86. The molecular formula is C13H14N2. The van der Waals surface area contributed by atoms with E-state index >= 15 is 0 Å². The molecule has 1 aromatic carbocycles. The van der Waals surface area contributed by atoms with Crippen molar-refractivity contribution in [2.24, 2.45) is 5.73 Å². The van der Waals surface area contributed by atoms with E-state index in [4.69, 9.17) is 12.2 Å². The largest absolute Gasteiger partial charge is 0.346 e. The van der Waals surface area contributed by atoms with Crippen molar-refractivity contribution >= 4 is 10.9 Å². The Morgan fingerprint density at radius 3 is 2.87 bits per heavy atom. The molecule has 2 aromatic rings. The van der Waals surface area contributed by atoms with Crippen LogP contribution in [0, 0.1) is 12.3 Å². The Hall–Kier alpha value is -1.72. The summed E-state index contributed by atoms with van der Waals surface area (Å²) in [5.41, 5.74) is 8.10. The van der Waals surface area contributed by atoms with Crippen LogP contribution in [0.15, 0.2) is 30.5 Å². The first-order chi connectivity index (χ1) is 7.36. The maximum atomic E-state index is 5.70. The number of rotatable bonds is 3. The highest BCUT2D eigenvalue weighted by molar-refractivity contribution is 5.83. The molecule has 2 rings (SSSR count). The number of aryl methyl sites for hydroxylation is 1. The highest BCUT2D eigenvalue weighted by Crippen LogP contribution is 2.20. The van der Waals surface area contributed by atoms with Crippen LogP contribution < -0.4 is 5.73 Å². The van der Waals surface area contributed by atoms with Crippen LogP contribution in [0.3, 0.4) is 0 Å². The van der Waals surface area contributed by atoms with Crippen LogP contribution >= 0.6 is 0 Å². The highest BCUT2D eigenvalue weighted by atomic mass is 15.0. The SMILES string of the molecule is C#CCCn1cc(CN)c2ccccc21. The van der Waals surface area contributed by atoms with Crippen molar-refractivity contribution in [1.82, 2.24) is 4.57 Å². The molecule has 15 heavy (non-hydrogen) atoms. The minimum absolute atomic E-state index is 0.573.